The molecule has 4 heteroatoms. The zero-order valence-electron chi connectivity index (χ0n) is 38.7. The Kier molecular flexibility index (Phi) is 14.2. The molecule has 0 heterocycles. The second kappa shape index (κ2) is 21.8. The molecule has 0 saturated heterocycles. The molecule has 0 radical (unpaired) electrons. The normalized spacial score (nSPS) is 11.4. The van der Waals surface area contributed by atoms with Crippen molar-refractivity contribution in [2.45, 2.75) is 0 Å². The van der Waals surface area contributed by atoms with Crippen LogP contribution in [0.5, 0.6) is 0 Å². The third kappa shape index (κ3) is 9.68. The summed E-state index contributed by atoms with van der Waals surface area (Å²) in [5, 5.41) is 16.1. The van der Waals surface area contributed by atoms with Crippen molar-refractivity contribution in [2.75, 3.05) is 0 Å². The predicted molar refractivity (Wildman–Crippen MR) is 312 cm³/mol. The summed E-state index contributed by atoms with van der Waals surface area (Å²) in [6, 6.07) is 114. The van der Waals surface area contributed by atoms with Gasteiger partial charge in [0.1, 0.15) is 0 Å². The quantitative estimate of drug-likeness (QED) is 0.0953. The van der Waals surface area contributed by atoms with E-state index >= 15 is 0 Å². The van der Waals surface area contributed by atoms with Crippen molar-refractivity contribution < 1.29 is 0 Å². The van der Waals surface area contributed by atoms with Crippen molar-refractivity contribution >= 4 is 95.3 Å². The minimum atomic E-state index is -1.12. The van der Waals surface area contributed by atoms with Gasteiger partial charge in [-0.2, -0.15) is 0 Å². The van der Waals surface area contributed by atoms with Crippen LogP contribution < -0.4 is 63.7 Å². The van der Waals surface area contributed by atoms with Crippen LogP contribution in [-0.4, -0.2) is 0 Å². The Bertz CT molecular complexity index is 3240. The van der Waals surface area contributed by atoms with E-state index in [2.05, 4.69) is 303 Å². The standard InChI is InChI=1S/C66H50P4/c1-9-27-52(28-10-1)67(53-29-11-2-12-30-53)60-47-45-51(46-48-60)65-64(69(56-35-17-5-18-36-56)57-37-19-6-20-38-57)50-49-62(66(65)70(58-39-21-7-22-40-58)59-41-23-8-24-42-59)61-43-25-26-44-63(61)68(54-31-13-3-14-32-54)55-33-15-4-16-34-55/h1-50H. The summed E-state index contributed by atoms with van der Waals surface area (Å²) < 4.78 is 0. The van der Waals surface area contributed by atoms with Crippen LogP contribution >= 0.6 is 31.7 Å². The van der Waals surface area contributed by atoms with E-state index in [9.17, 15) is 0 Å². The Morgan fingerprint density at radius 1 is 0.171 bits per heavy atom. The molecule has 11 rings (SSSR count). The lowest BCUT2D eigenvalue weighted by molar-refractivity contribution is 1.66. The van der Waals surface area contributed by atoms with Crippen LogP contribution in [0.25, 0.3) is 22.3 Å². The Morgan fingerprint density at radius 2 is 0.457 bits per heavy atom. The molecule has 0 nitrogen and oxygen atoms in total. The second-order valence-corrected chi connectivity index (χ2v) is 25.7. The smallest absolute Gasteiger partial charge is 0.00128 e. The third-order valence-electron chi connectivity index (χ3n) is 12.6. The van der Waals surface area contributed by atoms with E-state index in [0.717, 1.165) is 0 Å². The third-order valence-corrected chi connectivity index (χ3v) is 22.6. The SMILES string of the molecule is c1ccc(P(c2ccccc2)c2ccc(-c3c(P(c4ccccc4)c4ccccc4)ccc(-c4ccccc4P(c4ccccc4)c4ccccc4)c3P(c3ccccc3)c3ccccc3)cc2)cc1. The molecule has 0 bridgehead atoms. The zero-order valence-corrected chi connectivity index (χ0v) is 42.2. The highest BCUT2D eigenvalue weighted by Crippen LogP contribution is 2.47. The van der Waals surface area contributed by atoms with Gasteiger partial charge in [0.25, 0.3) is 0 Å². The molecule has 0 fully saturated rings. The maximum atomic E-state index is 2.50. The minimum absolute atomic E-state index is 0.800. The van der Waals surface area contributed by atoms with Gasteiger partial charge in [-0.05, 0) is 112 Å². The maximum Gasteiger partial charge on any atom is 0.00128 e. The number of hydrogen-bond acceptors (Lipinski definition) is 0. The zero-order chi connectivity index (χ0) is 46.9. The lowest BCUT2D eigenvalue weighted by Gasteiger charge is -2.32. The van der Waals surface area contributed by atoms with Crippen molar-refractivity contribution in [1.82, 2.24) is 0 Å². The Balaban J connectivity index is 1.25. The lowest BCUT2D eigenvalue weighted by Crippen LogP contribution is -2.31. The van der Waals surface area contributed by atoms with Gasteiger partial charge in [-0.25, -0.2) is 0 Å². The van der Waals surface area contributed by atoms with Crippen LogP contribution in [0, 0.1) is 0 Å². The molecule has 0 aliphatic rings. The Labute approximate surface area is 418 Å². The first-order chi connectivity index (χ1) is 34.8. The number of benzene rings is 11. The molecular formula is C66H50P4. The number of rotatable bonds is 14. The summed E-state index contributed by atoms with van der Waals surface area (Å²) in [6.07, 6.45) is 0. The van der Waals surface area contributed by atoms with Gasteiger partial charge in [0.05, 0.1) is 0 Å². The molecule has 0 aliphatic carbocycles. The maximum absolute atomic E-state index is 2.50. The van der Waals surface area contributed by atoms with E-state index in [-0.39, 0.29) is 0 Å². The molecule has 70 heavy (non-hydrogen) atoms. The van der Waals surface area contributed by atoms with Gasteiger partial charge < -0.3 is 0 Å². The summed E-state index contributed by atoms with van der Waals surface area (Å²) in [6.45, 7) is 0. The summed E-state index contributed by atoms with van der Waals surface area (Å²) in [5.74, 6) is 0. The Hall–Kier alpha value is -6.86. The van der Waals surface area contributed by atoms with Gasteiger partial charge in [0, 0.05) is 5.30 Å². The first-order valence-electron chi connectivity index (χ1n) is 23.8. The van der Waals surface area contributed by atoms with E-state index in [1.807, 2.05) is 0 Å². The Morgan fingerprint density at radius 3 is 0.829 bits per heavy atom. The fraction of sp³-hybridized carbons (Fsp3) is 0. The summed E-state index contributed by atoms with van der Waals surface area (Å²) in [7, 11) is -3.87. The minimum Gasteiger partial charge on any atom is -0.0622 e. The molecular weight excluding hydrogens is 917 g/mol. The first kappa shape index (κ1) is 45.6. The molecule has 11 aromatic rings. The average Bonchev–Trinajstić information content (AvgIpc) is 3.44. The summed E-state index contributed by atoms with van der Waals surface area (Å²) in [5.41, 5.74) is 5.12. The second-order valence-electron chi connectivity index (χ2n) is 16.9. The highest BCUT2D eigenvalue weighted by molar-refractivity contribution is 7.82. The molecule has 0 unspecified atom stereocenters. The highest BCUT2D eigenvalue weighted by Gasteiger charge is 2.32. The van der Waals surface area contributed by atoms with E-state index in [1.54, 1.807) is 0 Å². The molecule has 334 valence electrons. The van der Waals surface area contributed by atoms with Crippen LogP contribution in [-0.2, 0) is 0 Å². The van der Waals surface area contributed by atoms with Gasteiger partial charge in [-0.3, -0.25) is 0 Å². The van der Waals surface area contributed by atoms with Gasteiger partial charge in [-0.15, -0.1) is 0 Å². The van der Waals surface area contributed by atoms with E-state index in [4.69, 9.17) is 0 Å². The molecule has 0 atom stereocenters. The van der Waals surface area contributed by atoms with Crippen LogP contribution in [0.4, 0.5) is 0 Å². The average molecular weight is 967 g/mol. The van der Waals surface area contributed by atoms with E-state index in [1.165, 1.54) is 85.9 Å². The summed E-state index contributed by atoms with van der Waals surface area (Å²) >= 11 is 0. The van der Waals surface area contributed by atoms with Gasteiger partial charge in [0.2, 0.25) is 0 Å². The van der Waals surface area contributed by atoms with Crippen molar-refractivity contribution in [1.29, 1.82) is 0 Å². The van der Waals surface area contributed by atoms with Crippen molar-refractivity contribution in [2.24, 2.45) is 0 Å². The predicted octanol–water partition coefficient (Wildman–Crippen LogP) is 12.1. The monoisotopic (exact) mass is 966 g/mol. The van der Waals surface area contributed by atoms with Crippen LogP contribution in [0.2, 0.25) is 0 Å². The fourth-order valence-corrected chi connectivity index (χ4v) is 19.5. The fourth-order valence-electron chi connectivity index (χ4n) is 9.50. The molecule has 0 spiro atoms. The van der Waals surface area contributed by atoms with Crippen LogP contribution in [0.15, 0.2) is 303 Å². The molecule has 0 saturated carbocycles. The molecule has 0 amide bonds. The van der Waals surface area contributed by atoms with Crippen LogP contribution in [0.3, 0.4) is 0 Å². The molecule has 0 aromatic heterocycles. The summed E-state index contributed by atoms with van der Waals surface area (Å²) in [4.78, 5) is 0. The van der Waals surface area contributed by atoms with Crippen molar-refractivity contribution in [3.63, 3.8) is 0 Å². The van der Waals surface area contributed by atoms with Gasteiger partial charge in [0.15, 0.2) is 0 Å². The van der Waals surface area contributed by atoms with Gasteiger partial charge in [-0.1, -0.05) is 303 Å². The molecule has 0 aliphatic heterocycles. The van der Waals surface area contributed by atoms with Crippen molar-refractivity contribution in [3.8, 4) is 22.3 Å². The highest BCUT2D eigenvalue weighted by atomic mass is 31.1. The first-order valence-corrected chi connectivity index (χ1v) is 29.1. The van der Waals surface area contributed by atoms with E-state index < -0.39 is 31.7 Å². The number of hydrogen-bond donors (Lipinski definition) is 0. The van der Waals surface area contributed by atoms with Crippen LogP contribution in [0.1, 0.15) is 0 Å². The largest absolute Gasteiger partial charge is 0.0622 e. The van der Waals surface area contributed by atoms with E-state index in [0.29, 0.717) is 0 Å². The molecule has 11 aromatic carbocycles. The van der Waals surface area contributed by atoms with Crippen molar-refractivity contribution in [3.05, 3.63) is 303 Å². The lowest BCUT2D eigenvalue weighted by atomic mass is 9.98. The topological polar surface area (TPSA) is 0 Å². The molecule has 0 N–H and O–H groups in total. The van der Waals surface area contributed by atoms with Gasteiger partial charge >= 0.3 is 0 Å².